The van der Waals surface area contributed by atoms with Crippen molar-refractivity contribution in [2.24, 2.45) is 0 Å². The lowest BCUT2D eigenvalue weighted by Crippen LogP contribution is -2.04. The quantitative estimate of drug-likeness (QED) is 0.850. The van der Waals surface area contributed by atoms with Crippen molar-refractivity contribution < 1.29 is 0 Å². The van der Waals surface area contributed by atoms with Crippen molar-refractivity contribution in [2.75, 3.05) is 11.9 Å². The number of anilines is 1. The van der Waals surface area contributed by atoms with Crippen LogP contribution >= 0.6 is 22.6 Å². The van der Waals surface area contributed by atoms with Gasteiger partial charge in [-0.15, -0.1) is 0 Å². The van der Waals surface area contributed by atoms with Crippen LogP contribution in [-0.4, -0.2) is 21.3 Å². The molecule has 0 amide bonds. The molecule has 0 aliphatic rings. The molecular formula is C12H15IN4. The fourth-order valence-electron chi connectivity index (χ4n) is 1.53. The maximum Gasteiger partial charge on any atom is 0.0832 e. The van der Waals surface area contributed by atoms with Crippen molar-refractivity contribution in [3.05, 3.63) is 40.0 Å². The average molecular weight is 342 g/mol. The predicted octanol–water partition coefficient (Wildman–Crippen LogP) is 2.75. The molecule has 0 atom stereocenters. The van der Waals surface area contributed by atoms with Crippen LogP contribution in [0.2, 0.25) is 0 Å². The Bertz CT molecular complexity index is 481. The standard InChI is InChI=1S/C12H15IN4/c1-2-4-14-11-3-5-15-12(6-11)9-17-8-10(13)7-16-17/h3,5-8H,2,4,9H2,1H3,(H,14,15). The second-order valence-electron chi connectivity index (χ2n) is 3.82. The minimum absolute atomic E-state index is 0.713. The molecule has 2 aromatic rings. The van der Waals surface area contributed by atoms with Gasteiger partial charge in [0.15, 0.2) is 0 Å². The number of halogens is 1. The van der Waals surface area contributed by atoms with Gasteiger partial charge in [0, 0.05) is 24.6 Å². The molecule has 0 saturated carbocycles. The number of nitrogens with zero attached hydrogens (tertiary/aromatic N) is 3. The summed E-state index contributed by atoms with van der Waals surface area (Å²) in [7, 11) is 0. The van der Waals surface area contributed by atoms with E-state index in [4.69, 9.17) is 0 Å². The van der Waals surface area contributed by atoms with Gasteiger partial charge in [-0.3, -0.25) is 9.67 Å². The molecule has 90 valence electrons. The molecular weight excluding hydrogens is 327 g/mol. The SMILES string of the molecule is CCCNc1ccnc(Cn2cc(I)cn2)c1. The first-order valence-electron chi connectivity index (χ1n) is 5.64. The van der Waals surface area contributed by atoms with Crippen molar-refractivity contribution in [1.29, 1.82) is 0 Å². The van der Waals surface area contributed by atoms with E-state index in [-0.39, 0.29) is 0 Å². The summed E-state index contributed by atoms with van der Waals surface area (Å²) in [4.78, 5) is 4.35. The summed E-state index contributed by atoms with van der Waals surface area (Å²) < 4.78 is 3.04. The number of pyridine rings is 1. The normalized spacial score (nSPS) is 10.5. The summed E-state index contributed by atoms with van der Waals surface area (Å²) in [6.07, 6.45) is 6.81. The molecule has 0 saturated heterocycles. The first kappa shape index (κ1) is 12.3. The molecule has 0 aromatic carbocycles. The zero-order chi connectivity index (χ0) is 12.1. The highest BCUT2D eigenvalue weighted by Crippen LogP contribution is 2.10. The average Bonchev–Trinajstić information content (AvgIpc) is 2.73. The van der Waals surface area contributed by atoms with Gasteiger partial charge in [0.2, 0.25) is 0 Å². The summed E-state index contributed by atoms with van der Waals surface area (Å²) in [5.74, 6) is 0. The fourth-order valence-corrected chi connectivity index (χ4v) is 1.98. The third-order valence-corrected chi connectivity index (χ3v) is 2.88. The van der Waals surface area contributed by atoms with Crippen molar-refractivity contribution in [2.45, 2.75) is 19.9 Å². The Morgan fingerprint density at radius 1 is 1.47 bits per heavy atom. The Morgan fingerprint density at radius 3 is 3.06 bits per heavy atom. The first-order chi connectivity index (χ1) is 8.28. The van der Waals surface area contributed by atoms with Crippen molar-refractivity contribution in [1.82, 2.24) is 14.8 Å². The Morgan fingerprint density at radius 2 is 2.35 bits per heavy atom. The molecule has 1 N–H and O–H groups in total. The number of nitrogens with one attached hydrogen (secondary N) is 1. The summed E-state index contributed by atoms with van der Waals surface area (Å²) in [6.45, 7) is 3.86. The topological polar surface area (TPSA) is 42.7 Å². The van der Waals surface area contributed by atoms with Crippen LogP contribution in [0.25, 0.3) is 0 Å². The molecule has 0 radical (unpaired) electrons. The Hall–Kier alpha value is -1.11. The molecule has 0 unspecified atom stereocenters. The van der Waals surface area contributed by atoms with E-state index in [2.05, 4.69) is 51.0 Å². The zero-order valence-corrected chi connectivity index (χ0v) is 11.9. The van der Waals surface area contributed by atoms with E-state index in [0.717, 1.165) is 27.9 Å². The number of hydrogen-bond acceptors (Lipinski definition) is 3. The van der Waals surface area contributed by atoms with Crippen LogP contribution in [-0.2, 0) is 6.54 Å². The minimum Gasteiger partial charge on any atom is -0.385 e. The molecule has 2 rings (SSSR count). The van der Waals surface area contributed by atoms with Crippen LogP contribution < -0.4 is 5.32 Å². The lowest BCUT2D eigenvalue weighted by Gasteiger charge is -2.06. The van der Waals surface area contributed by atoms with Crippen LogP contribution in [0.1, 0.15) is 19.0 Å². The third kappa shape index (κ3) is 3.69. The maximum atomic E-state index is 4.35. The van der Waals surface area contributed by atoms with Gasteiger partial charge in [-0.25, -0.2) is 0 Å². The van der Waals surface area contributed by atoms with E-state index in [0.29, 0.717) is 6.54 Å². The fraction of sp³-hybridized carbons (Fsp3) is 0.333. The zero-order valence-electron chi connectivity index (χ0n) is 9.73. The van der Waals surface area contributed by atoms with E-state index in [1.807, 2.05) is 29.3 Å². The van der Waals surface area contributed by atoms with Gasteiger partial charge in [-0.2, -0.15) is 5.10 Å². The van der Waals surface area contributed by atoms with Crippen LogP contribution in [0, 0.1) is 3.57 Å². The largest absolute Gasteiger partial charge is 0.385 e. The molecule has 0 bridgehead atoms. The minimum atomic E-state index is 0.713. The van der Waals surface area contributed by atoms with E-state index >= 15 is 0 Å². The molecule has 0 spiro atoms. The van der Waals surface area contributed by atoms with Gasteiger partial charge >= 0.3 is 0 Å². The highest BCUT2D eigenvalue weighted by Gasteiger charge is 2.00. The molecule has 2 aromatic heterocycles. The van der Waals surface area contributed by atoms with E-state index < -0.39 is 0 Å². The Kier molecular flexibility index (Phi) is 4.36. The molecule has 5 heteroatoms. The first-order valence-corrected chi connectivity index (χ1v) is 6.72. The summed E-state index contributed by atoms with van der Waals surface area (Å²) in [5, 5.41) is 7.61. The smallest absolute Gasteiger partial charge is 0.0832 e. The van der Waals surface area contributed by atoms with Crippen molar-refractivity contribution in [3.8, 4) is 0 Å². The lowest BCUT2D eigenvalue weighted by atomic mass is 10.3. The van der Waals surface area contributed by atoms with Crippen LogP contribution in [0.15, 0.2) is 30.7 Å². The second kappa shape index (κ2) is 6.00. The van der Waals surface area contributed by atoms with E-state index in [1.165, 1.54) is 0 Å². The molecule has 2 heterocycles. The van der Waals surface area contributed by atoms with Crippen molar-refractivity contribution >= 4 is 28.3 Å². The van der Waals surface area contributed by atoms with E-state index in [1.54, 1.807) is 0 Å². The lowest BCUT2D eigenvalue weighted by molar-refractivity contribution is 0.672. The third-order valence-electron chi connectivity index (χ3n) is 2.32. The summed E-state index contributed by atoms with van der Waals surface area (Å²) in [6, 6.07) is 4.07. The van der Waals surface area contributed by atoms with Crippen LogP contribution in [0.3, 0.4) is 0 Å². The highest BCUT2D eigenvalue weighted by atomic mass is 127. The maximum absolute atomic E-state index is 4.35. The molecule has 0 aliphatic heterocycles. The monoisotopic (exact) mass is 342 g/mol. The van der Waals surface area contributed by atoms with Gasteiger partial charge in [0.1, 0.15) is 0 Å². The second-order valence-corrected chi connectivity index (χ2v) is 5.06. The van der Waals surface area contributed by atoms with E-state index in [9.17, 15) is 0 Å². The number of aromatic nitrogens is 3. The van der Waals surface area contributed by atoms with Crippen LogP contribution in [0.4, 0.5) is 5.69 Å². The highest BCUT2D eigenvalue weighted by molar-refractivity contribution is 14.1. The summed E-state index contributed by atoms with van der Waals surface area (Å²) >= 11 is 2.25. The van der Waals surface area contributed by atoms with Crippen LogP contribution in [0.5, 0.6) is 0 Å². The molecule has 4 nitrogen and oxygen atoms in total. The number of hydrogen-bond donors (Lipinski definition) is 1. The van der Waals surface area contributed by atoms with Gasteiger partial charge in [0.05, 0.1) is 22.0 Å². The molecule has 0 aliphatic carbocycles. The van der Waals surface area contributed by atoms with Gasteiger partial charge in [-0.1, -0.05) is 6.92 Å². The van der Waals surface area contributed by atoms with Crippen molar-refractivity contribution in [3.63, 3.8) is 0 Å². The van der Waals surface area contributed by atoms with Gasteiger partial charge in [-0.05, 0) is 41.1 Å². The molecule has 17 heavy (non-hydrogen) atoms. The summed E-state index contributed by atoms with van der Waals surface area (Å²) in [5.41, 5.74) is 2.14. The Balaban J connectivity index is 2.05. The predicted molar refractivity (Wildman–Crippen MR) is 77.1 cm³/mol. The van der Waals surface area contributed by atoms with Gasteiger partial charge in [0.25, 0.3) is 0 Å². The molecule has 0 fully saturated rings. The number of rotatable bonds is 5. The van der Waals surface area contributed by atoms with Gasteiger partial charge < -0.3 is 5.32 Å². The Labute approximate surface area is 115 Å².